The van der Waals surface area contributed by atoms with Crippen molar-refractivity contribution in [2.45, 2.75) is 65.0 Å². The average molecular weight is 370 g/mol. The molecule has 0 bridgehead atoms. The first kappa shape index (κ1) is 18.4. The predicted octanol–water partition coefficient (Wildman–Crippen LogP) is 2.26. The number of tetrazole rings is 1. The molecule has 6 nitrogen and oxygen atoms in total. The van der Waals surface area contributed by atoms with Gasteiger partial charge in [-0.25, -0.2) is 4.68 Å². The zero-order valence-electron chi connectivity index (χ0n) is 17.0. The van der Waals surface area contributed by atoms with E-state index in [-0.39, 0.29) is 0 Å². The van der Waals surface area contributed by atoms with Gasteiger partial charge in [-0.05, 0) is 54.3 Å². The first-order valence-electron chi connectivity index (χ1n) is 10.6. The summed E-state index contributed by atoms with van der Waals surface area (Å²) in [5.74, 6) is 1.11. The molecule has 0 unspecified atom stereocenters. The van der Waals surface area contributed by atoms with Crippen molar-refractivity contribution in [2.75, 3.05) is 31.1 Å². The van der Waals surface area contributed by atoms with Crippen molar-refractivity contribution in [1.82, 2.24) is 20.2 Å². The van der Waals surface area contributed by atoms with E-state index in [1.54, 1.807) is 4.90 Å². The van der Waals surface area contributed by atoms with E-state index < -0.39 is 0 Å². The number of rotatable bonds is 5. The van der Waals surface area contributed by atoms with Crippen LogP contribution in [0.15, 0.2) is 18.2 Å². The molecule has 146 valence electrons. The number of benzene rings is 1. The Morgan fingerprint density at radius 3 is 2.59 bits per heavy atom. The molecule has 0 radical (unpaired) electrons. The molecular formula is C21H33N6+. The Balaban J connectivity index is 1.47. The normalized spacial score (nSPS) is 20.3. The third-order valence-electron chi connectivity index (χ3n) is 6.72. The Morgan fingerprint density at radius 2 is 1.89 bits per heavy atom. The molecule has 1 aliphatic heterocycles. The van der Waals surface area contributed by atoms with Crippen molar-refractivity contribution in [1.29, 1.82) is 0 Å². The van der Waals surface area contributed by atoms with E-state index in [9.17, 15) is 0 Å². The second kappa shape index (κ2) is 7.97. The van der Waals surface area contributed by atoms with Gasteiger partial charge in [-0.1, -0.05) is 31.9 Å². The Labute approximate surface area is 162 Å². The van der Waals surface area contributed by atoms with Gasteiger partial charge in [-0.2, -0.15) is 0 Å². The predicted molar refractivity (Wildman–Crippen MR) is 107 cm³/mol. The highest BCUT2D eigenvalue weighted by atomic mass is 15.6. The Morgan fingerprint density at radius 1 is 1.15 bits per heavy atom. The van der Waals surface area contributed by atoms with Crippen LogP contribution >= 0.6 is 0 Å². The molecule has 2 aromatic rings. The summed E-state index contributed by atoms with van der Waals surface area (Å²) in [6.45, 7) is 11.2. The fraction of sp³-hybridized carbons (Fsp3) is 0.667. The van der Waals surface area contributed by atoms with Crippen molar-refractivity contribution in [3.8, 4) is 0 Å². The van der Waals surface area contributed by atoms with Crippen LogP contribution in [-0.4, -0.2) is 46.4 Å². The number of aromatic nitrogens is 4. The molecule has 0 amide bonds. The first-order valence-corrected chi connectivity index (χ1v) is 10.6. The third kappa shape index (κ3) is 3.59. The lowest BCUT2D eigenvalue weighted by Gasteiger charge is -2.37. The van der Waals surface area contributed by atoms with Gasteiger partial charge < -0.3 is 9.80 Å². The highest BCUT2D eigenvalue weighted by Gasteiger charge is 2.33. The minimum absolute atomic E-state index is 0.404. The molecule has 0 spiro atoms. The molecule has 1 aromatic carbocycles. The molecule has 1 atom stereocenters. The summed E-state index contributed by atoms with van der Waals surface area (Å²) in [6.07, 6.45) is 6.16. The summed E-state index contributed by atoms with van der Waals surface area (Å²) in [7, 11) is 0. The lowest BCUT2D eigenvalue weighted by Crippen LogP contribution is -3.15. The van der Waals surface area contributed by atoms with Gasteiger partial charge in [-0.15, -0.1) is 5.10 Å². The van der Waals surface area contributed by atoms with E-state index >= 15 is 0 Å². The number of nitrogens with zero attached hydrogens (tertiary/aromatic N) is 5. The van der Waals surface area contributed by atoms with Crippen LogP contribution in [0.4, 0.5) is 5.69 Å². The monoisotopic (exact) mass is 369 g/mol. The minimum Gasteiger partial charge on any atom is -0.360 e. The van der Waals surface area contributed by atoms with Gasteiger partial charge in [0.2, 0.25) is 5.82 Å². The maximum atomic E-state index is 4.48. The van der Waals surface area contributed by atoms with E-state index in [0.717, 1.165) is 38.4 Å². The fourth-order valence-electron chi connectivity index (χ4n) is 4.95. The first-order chi connectivity index (χ1) is 13.2. The number of piperazine rings is 1. The second-order valence-corrected chi connectivity index (χ2v) is 8.25. The minimum atomic E-state index is 0.404. The molecule has 27 heavy (non-hydrogen) atoms. The molecule has 6 heteroatoms. The molecule has 1 saturated carbocycles. The summed E-state index contributed by atoms with van der Waals surface area (Å²) in [5.41, 5.74) is 4.19. The number of anilines is 1. The second-order valence-electron chi connectivity index (χ2n) is 8.25. The largest absolute Gasteiger partial charge is 0.360 e. The average Bonchev–Trinajstić information content (AvgIpc) is 3.37. The SMILES string of the molecule is CC[C@H](c1nnnn1C1CCCC1)[NH+]1CCN(c2cccc(C)c2C)CC1. The Kier molecular flexibility index (Phi) is 5.43. The van der Waals surface area contributed by atoms with Crippen LogP contribution in [0.2, 0.25) is 0 Å². The molecule has 1 saturated heterocycles. The number of hydrogen-bond donors (Lipinski definition) is 1. The quantitative estimate of drug-likeness (QED) is 0.878. The van der Waals surface area contributed by atoms with Crippen LogP contribution in [0.25, 0.3) is 0 Å². The van der Waals surface area contributed by atoms with Gasteiger partial charge in [0.15, 0.2) is 0 Å². The number of quaternary nitrogens is 1. The molecule has 1 aromatic heterocycles. The standard InChI is InChI=1S/C21H32N6/c1-4-19(21-22-23-24-27(21)18-9-5-6-10-18)25-12-14-26(15-13-25)20-11-7-8-16(2)17(20)3/h7-8,11,18-19H,4-6,9-10,12-15H2,1-3H3/p+1/t19-/m1/s1. The van der Waals surface area contributed by atoms with Gasteiger partial charge in [-0.3, -0.25) is 0 Å². The van der Waals surface area contributed by atoms with Crippen molar-refractivity contribution < 1.29 is 4.90 Å². The zero-order valence-corrected chi connectivity index (χ0v) is 17.0. The smallest absolute Gasteiger partial charge is 0.209 e. The van der Waals surface area contributed by atoms with Crippen LogP contribution in [-0.2, 0) is 0 Å². The van der Waals surface area contributed by atoms with Gasteiger partial charge in [0.1, 0.15) is 6.04 Å². The summed E-state index contributed by atoms with van der Waals surface area (Å²) < 4.78 is 2.16. The van der Waals surface area contributed by atoms with E-state index in [2.05, 4.69) is 64.1 Å². The Hall–Kier alpha value is -1.95. The summed E-state index contributed by atoms with van der Waals surface area (Å²) in [6, 6.07) is 7.57. The van der Waals surface area contributed by atoms with Gasteiger partial charge in [0, 0.05) is 12.1 Å². The number of nitrogens with one attached hydrogen (secondary N) is 1. The highest BCUT2D eigenvalue weighted by molar-refractivity contribution is 5.56. The van der Waals surface area contributed by atoms with Crippen LogP contribution < -0.4 is 9.80 Å². The molecule has 1 aliphatic carbocycles. The molecule has 4 rings (SSSR count). The maximum absolute atomic E-state index is 4.48. The van der Waals surface area contributed by atoms with Crippen molar-refractivity contribution >= 4 is 5.69 Å². The maximum Gasteiger partial charge on any atom is 0.209 e. The zero-order chi connectivity index (χ0) is 18.8. The number of aryl methyl sites for hydroxylation is 1. The molecule has 2 aliphatic rings. The third-order valence-corrected chi connectivity index (χ3v) is 6.72. The van der Waals surface area contributed by atoms with Gasteiger partial charge in [0.25, 0.3) is 0 Å². The summed E-state index contributed by atoms with van der Waals surface area (Å²) >= 11 is 0. The lowest BCUT2D eigenvalue weighted by molar-refractivity contribution is -0.933. The van der Waals surface area contributed by atoms with E-state index in [1.807, 2.05) is 0 Å². The summed E-state index contributed by atoms with van der Waals surface area (Å²) in [5, 5.41) is 12.9. The van der Waals surface area contributed by atoms with E-state index in [1.165, 1.54) is 42.5 Å². The van der Waals surface area contributed by atoms with Crippen molar-refractivity contribution in [2.24, 2.45) is 0 Å². The molecule has 2 fully saturated rings. The van der Waals surface area contributed by atoms with Crippen molar-refractivity contribution in [3.63, 3.8) is 0 Å². The van der Waals surface area contributed by atoms with E-state index in [0.29, 0.717) is 12.1 Å². The topological polar surface area (TPSA) is 51.3 Å². The van der Waals surface area contributed by atoms with E-state index in [4.69, 9.17) is 0 Å². The highest BCUT2D eigenvalue weighted by Crippen LogP contribution is 2.30. The lowest BCUT2D eigenvalue weighted by atomic mass is 10.1. The fourth-order valence-corrected chi connectivity index (χ4v) is 4.95. The van der Waals surface area contributed by atoms with Crippen molar-refractivity contribution in [3.05, 3.63) is 35.2 Å². The van der Waals surface area contributed by atoms with Crippen LogP contribution in [0.3, 0.4) is 0 Å². The Bertz CT molecular complexity index is 756. The van der Waals surface area contributed by atoms with Crippen LogP contribution in [0.1, 0.15) is 68.1 Å². The van der Waals surface area contributed by atoms with Gasteiger partial charge in [0.05, 0.1) is 32.2 Å². The summed E-state index contributed by atoms with van der Waals surface area (Å²) in [4.78, 5) is 4.19. The molecule has 2 heterocycles. The molecule has 1 N–H and O–H groups in total. The van der Waals surface area contributed by atoms with Crippen LogP contribution in [0.5, 0.6) is 0 Å². The van der Waals surface area contributed by atoms with Crippen LogP contribution in [0, 0.1) is 13.8 Å². The number of hydrogen-bond acceptors (Lipinski definition) is 4. The molecular weight excluding hydrogens is 336 g/mol. The van der Waals surface area contributed by atoms with Gasteiger partial charge >= 0.3 is 0 Å².